The number of furan rings is 1. The fourth-order valence-corrected chi connectivity index (χ4v) is 3.75. The second kappa shape index (κ2) is 6.50. The van der Waals surface area contributed by atoms with Gasteiger partial charge in [0.05, 0.1) is 6.54 Å². The Balaban J connectivity index is 2.02. The van der Waals surface area contributed by atoms with Crippen molar-refractivity contribution in [3.05, 3.63) is 17.9 Å². The predicted octanol–water partition coefficient (Wildman–Crippen LogP) is 2.54. The highest BCUT2D eigenvalue weighted by Crippen LogP contribution is 2.28. The van der Waals surface area contributed by atoms with Crippen molar-refractivity contribution in [1.29, 1.82) is 0 Å². The molecule has 21 heavy (non-hydrogen) atoms. The van der Waals surface area contributed by atoms with Crippen molar-refractivity contribution in [2.45, 2.75) is 50.3 Å². The molecular weight excluding hydrogens is 288 g/mol. The summed E-state index contributed by atoms with van der Waals surface area (Å²) in [6.45, 7) is 2.95. The van der Waals surface area contributed by atoms with Crippen molar-refractivity contribution in [1.82, 2.24) is 9.21 Å². The van der Waals surface area contributed by atoms with Gasteiger partial charge in [0.1, 0.15) is 5.76 Å². The molecule has 1 fully saturated rings. The first-order valence-corrected chi connectivity index (χ1v) is 8.96. The van der Waals surface area contributed by atoms with Gasteiger partial charge in [0.15, 0.2) is 0 Å². The highest BCUT2D eigenvalue weighted by atomic mass is 32.2. The van der Waals surface area contributed by atoms with Gasteiger partial charge in [-0.05, 0) is 37.9 Å². The van der Waals surface area contributed by atoms with Crippen molar-refractivity contribution in [3.8, 4) is 0 Å². The average Bonchev–Trinajstić information content (AvgIpc) is 2.87. The van der Waals surface area contributed by atoms with E-state index in [2.05, 4.69) is 18.9 Å². The Kier molecular flexibility index (Phi) is 5.11. The van der Waals surface area contributed by atoms with Crippen molar-refractivity contribution in [2.75, 3.05) is 21.1 Å². The summed E-state index contributed by atoms with van der Waals surface area (Å²) in [4.78, 5) is 2.28. The molecule has 0 bridgehead atoms. The van der Waals surface area contributed by atoms with Crippen LogP contribution in [0.2, 0.25) is 0 Å². The lowest BCUT2D eigenvalue weighted by atomic mass is 9.86. The van der Waals surface area contributed by atoms with E-state index in [0.717, 1.165) is 5.92 Å². The maximum absolute atomic E-state index is 12.0. The number of nitrogens with zero attached hydrogens (tertiary/aromatic N) is 2. The predicted molar refractivity (Wildman–Crippen MR) is 82.5 cm³/mol. The normalized spacial score (nSPS) is 23.9. The maximum atomic E-state index is 12.0. The van der Waals surface area contributed by atoms with Crippen molar-refractivity contribution < 1.29 is 12.8 Å². The first-order chi connectivity index (χ1) is 9.80. The Morgan fingerprint density at radius 3 is 2.57 bits per heavy atom. The fraction of sp³-hybridized carbons (Fsp3) is 0.733. The van der Waals surface area contributed by atoms with Gasteiger partial charge in [-0.15, -0.1) is 0 Å². The molecule has 1 aliphatic rings. The number of hydrogen-bond acceptors (Lipinski definition) is 4. The highest BCUT2D eigenvalue weighted by molar-refractivity contribution is 7.88. The quantitative estimate of drug-likeness (QED) is 0.838. The molecule has 0 saturated heterocycles. The van der Waals surface area contributed by atoms with E-state index in [1.54, 1.807) is 12.1 Å². The van der Waals surface area contributed by atoms with Crippen LogP contribution in [0, 0.1) is 5.92 Å². The van der Waals surface area contributed by atoms with Gasteiger partial charge in [-0.1, -0.05) is 19.8 Å². The van der Waals surface area contributed by atoms with Crippen molar-refractivity contribution in [2.24, 2.45) is 5.92 Å². The van der Waals surface area contributed by atoms with Crippen LogP contribution in [0.25, 0.3) is 0 Å². The molecule has 0 unspecified atom stereocenters. The molecule has 1 aromatic rings. The molecule has 0 N–H and O–H groups in total. The van der Waals surface area contributed by atoms with Gasteiger partial charge in [0.25, 0.3) is 10.0 Å². The Bertz CT molecular complexity index is 565. The maximum Gasteiger partial charge on any atom is 0.275 e. The van der Waals surface area contributed by atoms with Gasteiger partial charge in [-0.3, -0.25) is 4.90 Å². The summed E-state index contributed by atoms with van der Waals surface area (Å²) < 4.78 is 30.7. The van der Waals surface area contributed by atoms with Crippen LogP contribution in [0.4, 0.5) is 0 Å². The minimum atomic E-state index is -3.48. The average molecular weight is 314 g/mol. The Hall–Kier alpha value is -0.850. The summed E-state index contributed by atoms with van der Waals surface area (Å²) in [5, 5.41) is 0.0212. The van der Waals surface area contributed by atoms with E-state index >= 15 is 0 Å². The zero-order valence-electron chi connectivity index (χ0n) is 13.4. The molecule has 120 valence electrons. The largest absolute Gasteiger partial charge is 0.447 e. The molecule has 6 heteroatoms. The van der Waals surface area contributed by atoms with Crippen LogP contribution in [-0.2, 0) is 16.6 Å². The molecule has 0 aliphatic heterocycles. The smallest absolute Gasteiger partial charge is 0.275 e. The minimum Gasteiger partial charge on any atom is -0.447 e. The van der Waals surface area contributed by atoms with Gasteiger partial charge < -0.3 is 4.42 Å². The number of sulfonamides is 1. The third-order valence-corrected chi connectivity index (χ3v) is 6.00. The van der Waals surface area contributed by atoms with Crippen LogP contribution in [0.1, 0.15) is 38.4 Å². The van der Waals surface area contributed by atoms with E-state index in [-0.39, 0.29) is 5.09 Å². The summed E-state index contributed by atoms with van der Waals surface area (Å²) in [5.74, 6) is 1.48. The second-order valence-corrected chi connectivity index (χ2v) is 8.43. The Morgan fingerprint density at radius 2 is 1.95 bits per heavy atom. The molecule has 0 spiro atoms. The molecule has 2 rings (SSSR count). The number of rotatable bonds is 5. The first-order valence-electron chi connectivity index (χ1n) is 7.52. The molecule has 1 aromatic heterocycles. The van der Waals surface area contributed by atoms with Crippen molar-refractivity contribution in [3.63, 3.8) is 0 Å². The van der Waals surface area contributed by atoms with Gasteiger partial charge in [0, 0.05) is 20.1 Å². The zero-order valence-corrected chi connectivity index (χ0v) is 14.2. The zero-order chi connectivity index (χ0) is 15.6. The third-order valence-electron chi connectivity index (χ3n) is 4.31. The van der Waals surface area contributed by atoms with E-state index in [0.29, 0.717) is 18.3 Å². The van der Waals surface area contributed by atoms with Crippen LogP contribution < -0.4 is 0 Å². The molecule has 0 amide bonds. The van der Waals surface area contributed by atoms with Crippen LogP contribution in [0.3, 0.4) is 0 Å². The van der Waals surface area contributed by atoms with Crippen LogP contribution in [0.15, 0.2) is 21.6 Å². The molecule has 5 nitrogen and oxygen atoms in total. The van der Waals surface area contributed by atoms with Gasteiger partial charge in [-0.25, -0.2) is 12.7 Å². The summed E-state index contributed by atoms with van der Waals surface area (Å²) >= 11 is 0. The van der Waals surface area contributed by atoms with E-state index in [1.165, 1.54) is 44.1 Å². The Morgan fingerprint density at radius 1 is 1.24 bits per heavy atom. The van der Waals surface area contributed by atoms with Crippen LogP contribution in [0.5, 0.6) is 0 Å². The molecule has 0 radical (unpaired) electrons. The standard InChI is InChI=1S/C15H26N2O3S/c1-12-6-5-7-13(10-12)17(4)11-14-8-9-15(20-14)21(18,19)16(2)3/h8-9,12-13H,5-7,10-11H2,1-4H3/t12-,13-/m0/s1. The molecule has 0 aromatic carbocycles. The highest BCUT2D eigenvalue weighted by Gasteiger charge is 2.25. The summed E-state index contributed by atoms with van der Waals surface area (Å²) in [5.41, 5.74) is 0. The van der Waals surface area contributed by atoms with Crippen LogP contribution in [-0.4, -0.2) is 44.8 Å². The van der Waals surface area contributed by atoms with Crippen LogP contribution >= 0.6 is 0 Å². The third kappa shape index (κ3) is 3.87. The topological polar surface area (TPSA) is 53.8 Å². The Labute approximate surface area is 128 Å². The monoisotopic (exact) mass is 314 g/mol. The summed E-state index contributed by atoms with van der Waals surface area (Å²) in [6.07, 6.45) is 5.01. The second-order valence-electron chi connectivity index (χ2n) is 6.35. The summed E-state index contributed by atoms with van der Waals surface area (Å²) in [6, 6.07) is 3.87. The van der Waals surface area contributed by atoms with Gasteiger partial charge in [0.2, 0.25) is 5.09 Å². The molecular formula is C15H26N2O3S. The van der Waals surface area contributed by atoms with E-state index in [4.69, 9.17) is 4.42 Å². The molecule has 1 aliphatic carbocycles. The molecule has 1 saturated carbocycles. The molecule has 2 atom stereocenters. The lowest BCUT2D eigenvalue weighted by Gasteiger charge is -2.33. The van der Waals surface area contributed by atoms with E-state index < -0.39 is 10.0 Å². The minimum absolute atomic E-state index is 0.0212. The van der Waals surface area contributed by atoms with Crippen molar-refractivity contribution >= 4 is 10.0 Å². The van der Waals surface area contributed by atoms with Gasteiger partial charge in [-0.2, -0.15) is 0 Å². The summed E-state index contributed by atoms with van der Waals surface area (Å²) in [7, 11) is 1.63. The number of hydrogen-bond donors (Lipinski definition) is 0. The first kappa shape index (κ1) is 16.5. The van der Waals surface area contributed by atoms with E-state index in [9.17, 15) is 8.42 Å². The van der Waals surface area contributed by atoms with E-state index in [1.807, 2.05) is 0 Å². The lowest BCUT2D eigenvalue weighted by Crippen LogP contribution is -2.34. The van der Waals surface area contributed by atoms with Gasteiger partial charge >= 0.3 is 0 Å². The fourth-order valence-electron chi connectivity index (χ4n) is 2.94. The molecule has 1 heterocycles. The lowest BCUT2D eigenvalue weighted by molar-refractivity contribution is 0.146. The SMILES string of the molecule is C[C@H]1CCC[C@H](N(C)Cc2ccc(S(=O)(=O)N(C)C)o2)C1.